The highest BCUT2D eigenvalue weighted by Crippen LogP contribution is 2.54. The van der Waals surface area contributed by atoms with Gasteiger partial charge in [0.25, 0.3) is 0 Å². The Labute approximate surface area is 256 Å². The molecule has 4 aliphatic rings. The Morgan fingerprint density at radius 2 is 0.841 bits per heavy atom. The second kappa shape index (κ2) is 8.24. The Kier molecular flexibility index (Phi) is 4.54. The highest BCUT2D eigenvalue weighted by molar-refractivity contribution is 7.02. The van der Waals surface area contributed by atoms with Crippen molar-refractivity contribution in [1.29, 1.82) is 0 Å². The smallest absolute Gasteiger partial charge is 0.245 e. The molecule has 1 aliphatic carbocycles. The van der Waals surface area contributed by atoms with Gasteiger partial charge in [0.15, 0.2) is 5.78 Å². The second-order valence-corrected chi connectivity index (χ2v) is 12.2. The molecule has 7 aromatic rings. The van der Waals surface area contributed by atoms with Crippen molar-refractivity contribution in [2.24, 2.45) is 0 Å². The van der Waals surface area contributed by atoms with Crippen LogP contribution in [0.15, 0.2) is 127 Å². The molecule has 0 aromatic heterocycles. The van der Waals surface area contributed by atoms with Crippen LogP contribution in [0.5, 0.6) is 0 Å². The first-order valence-electron chi connectivity index (χ1n) is 15.8. The summed E-state index contributed by atoms with van der Waals surface area (Å²) >= 11 is 0. The summed E-state index contributed by atoms with van der Waals surface area (Å²) in [5.41, 5.74) is 15.4. The molecule has 0 saturated heterocycles. The molecular weight excluding hydrogens is 531 g/mol. The van der Waals surface area contributed by atoms with Gasteiger partial charge in [-0.05, 0) is 66.1 Å². The molecule has 1 spiro atoms. The predicted octanol–water partition coefficient (Wildman–Crippen LogP) is 7.74. The topological polar surface area (TPSA) is 17.1 Å². The molecule has 0 amide bonds. The average Bonchev–Trinajstić information content (AvgIpc) is 3.10. The average molecular weight is 558 g/mol. The van der Waals surface area contributed by atoms with Crippen LogP contribution in [0.2, 0.25) is 0 Å². The number of fused-ring (bicyclic) bond motifs is 8. The van der Waals surface area contributed by atoms with E-state index in [1.54, 1.807) is 0 Å². The van der Waals surface area contributed by atoms with E-state index in [0.29, 0.717) is 0 Å². The molecule has 2 heteroatoms. The van der Waals surface area contributed by atoms with Crippen LogP contribution in [0.1, 0.15) is 52.0 Å². The minimum absolute atomic E-state index is 0.117. The number of hydrogen-bond acceptors (Lipinski definition) is 1. The largest absolute Gasteiger partial charge is 0.289 e. The first-order valence-corrected chi connectivity index (χ1v) is 15.8. The molecule has 3 aliphatic heterocycles. The van der Waals surface area contributed by atoms with Crippen molar-refractivity contribution < 1.29 is 4.79 Å². The van der Waals surface area contributed by atoms with Crippen molar-refractivity contribution in [2.75, 3.05) is 0 Å². The third-order valence-corrected chi connectivity index (χ3v) is 10.7. The summed E-state index contributed by atoms with van der Waals surface area (Å²) in [6.07, 6.45) is 0. The van der Waals surface area contributed by atoms with E-state index < -0.39 is 5.41 Å². The molecule has 0 saturated carbocycles. The highest BCUT2D eigenvalue weighted by Gasteiger charge is 2.55. The Hall–Kier alpha value is -5.21. The van der Waals surface area contributed by atoms with Crippen molar-refractivity contribution in [2.45, 2.75) is 19.3 Å². The molecule has 0 atom stereocenters. The van der Waals surface area contributed by atoms with Crippen LogP contribution in [0.3, 0.4) is 0 Å². The number of carbonyl (C=O) groups excluding carboxylic acids is 1. The van der Waals surface area contributed by atoms with Gasteiger partial charge in [-0.2, -0.15) is 0 Å². The van der Waals surface area contributed by atoms with Crippen molar-refractivity contribution in [3.63, 3.8) is 0 Å². The van der Waals surface area contributed by atoms with E-state index >= 15 is 0 Å². The maximum absolute atomic E-state index is 14.1. The summed E-state index contributed by atoms with van der Waals surface area (Å²) in [4.78, 5) is 14.1. The van der Waals surface area contributed by atoms with Gasteiger partial charge < -0.3 is 0 Å². The molecule has 3 heterocycles. The van der Waals surface area contributed by atoms with Crippen LogP contribution in [0.25, 0.3) is 43.8 Å². The summed E-state index contributed by atoms with van der Waals surface area (Å²) in [5.74, 6) is 0.117. The summed E-state index contributed by atoms with van der Waals surface area (Å²) in [7, 11) is 0. The van der Waals surface area contributed by atoms with Crippen molar-refractivity contribution in [1.82, 2.24) is 0 Å². The first kappa shape index (κ1) is 24.3. The number of benzene rings is 7. The first-order chi connectivity index (χ1) is 21.8. The second-order valence-electron chi connectivity index (χ2n) is 12.2. The van der Waals surface area contributed by atoms with Gasteiger partial charge in [0.1, 0.15) is 0 Å². The van der Waals surface area contributed by atoms with Gasteiger partial charge in [0.2, 0.25) is 6.71 Å². The normalized spacial score (nSPS) is 14.8. The number of carbonyl (C=O) groups is 1. The van der Waals surface area contributed by atoms with E-state index in [4.69, 9.17) is 0 Å². The van der Waals surface area contributed by atoms with Crippen LogP contribution in [-0.4, -0.2) is 12.5 Å². The summed E-state index contributed by atoms with van der Waals surface area (Å²) in [6, 6.07) is 46.6. The number of ketones is 1. The van der Waals surface area contributed by atoms with E-state index in [-0.39, 0.29) is 12.5 Å². The molecular formula is C42H27BO. The quantitative estimate of drug-likeness (QED) is 0.174. The molecule has 7 aromatic carbocycles. The van der Waals surface area contributed by atoms with Crippen LogP contribution >= 0.6 is 0 Å². The van der Waals surface area contributed by atoms with Gasteiger partial charge in [-0.1, -0.05) is 158 Å². The lowest BCUT2D eigenvalue weighted by Crippen LogP contribution is -2.65. The van der Waals surface area contributed by atoms with Crippen LogP contribution in [0, 0.1) is 0 Å². The van der Waals surface area contributed by atoms with Crippen molar-refractivity contribution in [3.8, 4) is 22.3 Å². The lowest BCUT2D eigenvalue weighted by atomic mass is 9.26. The predicted molar refractivity (Wildman–Crippen MR) is 184 cm³/mol. The fourth-order valence-electron chi connectivity index (χ4n) is 9.33. The summed E-state index contributed by atoms with van der Waals surface area (Å²) in [6.45, 7) is 4.14. The molecule has 44 heavy (non-hydrogen) atoms. The third kappa shape index (κ3) is 2.52. The minimum Gasteiger partial charge on any atom is -0.289 e. The van der Waals surface area contributed by atoms with Crippen LogP contribution < -0.4 is 16.4 Å². The molecule has 0 radical (unpaired) electrons. The van der Waals surface area contributed by atoms with E-state index in [1.165, 1.54) is 71.3 Å². The maximum Gasteiger partial charge on any atom is 0.245 e. The Morgan fingerprint density at radius 1 is 0.409 bits per heavy atom. The minimum atomic E-state index is -0.603. The van der Waals surface area contributed by atoms with Crippen molar-refractivity contribution >= 4 is 50.4 Å². The fraction of sp³-hybridized carbons (Fsp3) is 0.0714. The zero-order valence-electron chi connectivity index (χ0n) is 24.6. The third-order valence-electron chi connectivity index (χ3n) is 10.7. The SMILES string of the molecule is CC.O=C1c2ccccc2C2(c3ccccc31)c1ccc3cccc4c3c1B1c3c-4cccc3-c3cccc4ccc2c1c34. The fourth-order valence-corrected chi connectivity index (χ4v) is 9.33. The zero-order valence-corrected chi connectivity index (χ0v) is 24.6. The molecule has 204 valence electrons. The standard InChI is InChI=1S/C40H21BO.C2H6/c42-39-28-10-1-3-16-30(28)40(31-17-4-2-11-29(31)39)32-20-18-22-8-5-12-24-26-14-7-15-27-25-13-6-9-23-19-21-33(40)38(35(23)25)41(36(26)27)37(32)34(22)24;1-2/h1-21H;1-2H3. The maximum atomic E-state index is 14.1. The van der Waals surface area contributed by atoms with Gasteiger partial charge >= 0.3 is 0 Å². The number of hydrogen-bond donors (Lipinski definition) is 0. The van der Waals surface area contributed by atoms with Crippen LogP contribution in [-0.2, 0) is 5.41 Å². The van der Waals surface area contributed by atoms with Gasteiger partial charge in [0, 0.05) is 11.1 Å². The Morgan fingerprint density at radius 3 is 1.36 bits per heavy atom. The van der Waals surface area contributed by atoms with Gasteiger partial charge in [-0.3, -0.25) is 4.79 Å². The zero-order chi connectivity index (χ0) is 29.3. The Balaban J connectivity index is 0.00000125. The van der Waals surface area contributed by atoms with E-state index in [9.17, 15) is 4.79 Å². The summed E-state index contributed by atoms with van der Waals surface area (Å²) < 4.78 is 0. The van der Waals surface area contributed by atoms with E-state index in [2.05, 4.69) is 103 Å². The van der Waals surface area contributed by atoms with Crippen molar-refractivity contribution in [3.05, 3.63) is 161 Å². The highest BCUT2D eigenvalue weighted by atomic mass is 16.1. The molecule has 0 fully saturated rings. The van der Waals surface area contributed by atoms with E-state index in [0.717, 1.165) is 22.3 Å². The molecule has 0 bridgehead atoms. The molecule has 1 nitrogen and oxygen atoms in total. The van der Waals surface area contributed by atoms with E-state index in [1.807, 2.05) is 38.1 Å². The van der Waals surface area contributed by atoms with Gasteiger partial charge in [-0.15, -0.1) is 0 Å². The molecule has 11 rings (SSSR count). The number of rotatable bonds is 0. The Bertz CT molecular complexity index is 2280. The van der Waals surface area contributed by atoms with Crippen LogP contribution in [0.4, 0.5) is 0 Å². The lowest BCUT2D eigenvalue weighted by molar-refractivity contribution is 0.103. The van der Waals surface area contributed by atoms with Gasteiger partial charge in [0.05, 0.1) is 5.41 Å². The molecule has 0 unspecified atom stereocenters. The summed E-state index contributed by atoms with van der Waals surface area (Å²) in [5, 5.41) is 5.27. The monoisotopic (exact) mass is 558 g/mol. The molecule has 0 N–H and O–H groups in total. The lowest BCUT2D eigenvalue weighted by Gasteiger charge is -2.50. The van der Waals surface area contributed by atoms with Gasteiger partial charge in [-0.25, -0.2) is 0 Å².